The second kappa shape index (κ2) is 42.7. The van der Waals surface area contributed by atoms with E-state index in [4.69, 9.17) is 67.6 Å². The smallest absolute Gasteiger partial charge is 0.508 e. The molecule has 560 valence electrons. The topological polar surface area (TPSA) is 374 Å². The molecule has 3 unspecified atom stereocenters. The van der Waals surface area contributed by atoms with Crippen LogP contribution in [0, 0.1) is 23.7 Å². The minimum Gasteiger partial charge on any atom is -0.508 e. The molecule has 4 aromatic rings. The van der Waals surface area contributed by atoms with Crippen LogP contribution in [0.2, 0.25) is 0 Å². The number of pyridine rings is 2. The van der Waals surface area contributed by atoms with Crippen molar-refractivity contribution in [3.63, 3.8) is 0 Å². The van der Waals surface area contributed by atoms with Crippen molar-refractivity contribution in [3.05, 3.63) is 80.9 Å². The molecular formula is C72H100N8O22. The first-order valence-electron chi connectivity index (χ1n) is 35.6. The Morgan fingerprint density at radius 1 is 0.725 bits per heavy atom. The van der Waals surface area contributed by atoms with Crippen LogP contribution >= 0.6 is 0 Å². The number of Topliss-reactive ketones (excluding diaryl/α,β-unsaturated/α-hetero) is 3. The summed E-state index contributed by atoms with van der Waals surface area (Å²) < 4.78 is 69.6. The number of hydrogen-bond donors (Lipinski definition) is 3. The molecule has 1 fully saturated rings. The fraction of sp³-hybridized carbons (Fsp3) is 0.639. The predicted molar refractivity (Wildman–Crippen MR) is 366 cm³/mol. The van der Waals surface area contributed by atoms with E-state index in [1.165, 1.54) is 23.1 Å². The van der Waals surface area contributed by atoms with Crippen molar-refractivity contribution in [2.45, 2.75) is 136 Å². The molecule has 4 N–H and O–H groups in total. The number of esters is 1. The second-order valence-corrected chi connectivity index (χ2v) is 25.9. The maximum atomic E-state index is 14.0. The molecule has 0 saturated heterocycles. The fourth-order valence-corrected chi connectivity index (χ4v) is 12.5. The van der Waals surface area contributed by atoms with Crippen molar-refractivity contribution in [3.8, 4) is 17.1 Å². The number of amides is 3. The van der Waals surface area contributed by atoms with Gasteiger partial charge in [0.1, 0.15) is 38.0 Å². The van der Waals surface area contributed by atoms with Gasteiger partial charge >= 0.3 is 12.1 Å². The minimum absolute atomic E-state index is 0.00322. The number of ketones is 3. The van der Waals surface area contributed by atoms with Crippen LogP contribution in [0.15, 0.2) is 47.4 Å². The van der Waals surface area contributed by atoms with Crippen LogP contribution in [0.1, 0.15) is 125 Å². The molecule has 3 amide bonds. The van der Waals surface area contributed by atoms with E-state index >= 15 is 0 Å². The number of nitrogens with zero attached hydrogens (tertiary/aromatic N) is 6. The number of unbranched alkanes of at least 4 members (excludes halogenated alkanes) is 1. The van der Waals surface area contributed by atoms with Crippen molar-refractivity contribution >= 4 is 58.1 Å². The van der Waals surface area contributed by atoms with Crippen molar-refractivity contribution in [1.29, 1.82) is 0 Å². The molecule has 8 rings (SSSR count). The van der Waals surface area contributed by atoms with Gasteiger partial charge in [0.2, 0.25) is 12.0 Å². The summed E-state index contributed by atoms with van der Waals surface area (Å²) in [6.07, 6.45) is 8.32. The molecule has 0 spiro atoms. The standard InChI is InChI=1S/C72H100N8O22/c1-4-56-57-39-53(81)15-16-61(57)74-67-59(56)43-79-63(67)40-58-60(70(79)88)46-100-71(89)68(58)102-72(90)101-47-62(48(2)3)75-69(87)51(8-5-6-20-73)38-55(83)45-99-44-54(82)9-7-22-91-24-26-93-28-30-95-32-34-97-36-37-98-35-33-96-31-29-94-27-25-92-23-21-78-42-52(76-77-78)14-17-64(84)50-12-10-49(11-13-50)41-80-65(85)18-19-66(80)86/h15-16,18-19,39-40,42,48-51,62,68,81H,4-14,17,20-38,41,43-47,73H2,1-3H3,(H,75,87). The van der Waals surface area contributed by atoms with Gasteiger partial charge in [-0.25, -0.2) is 19.3 Å². The average Bonchev–Trinajstić information content (AvgIpc) is 1.56. The maximum Gasteiger partial charge on any atom is 0.509 e. The van der Waals surface area contributed by atoms with Gasteiger partial charge in [0, 0.05) is 85.5 Å². The number of benzene rings is 1. The van der Waals surface area contributed by atoms with E-state index in [1.54, 1.807) is 27.4 Å². The zero-order valence-corrected chi connectivity index (χ0v) is 58.9. The lowest BCUT2D eigenvalue weighted by Gasteiger charge is -2.29. The number of nitrogens with one attached hydrogen (secondary N) is 1. The summed E-state index contributed by atoms with van der Waals surface area (Å²) in [5, 5.41) is 22.2. The first-order chi connectivity index (χ1) is 49.5. The summed E-state index contributed by atoms with van der Waals surface area (Å²) in [4.78, 5) is 123. The van der Waals surface area contributed by atoms with Crippen LogP contribution in [-0.4, -0.2) is 226 Å². The number of carbonyl (C=O) groups is 8. The van der Waals surface area contributed by atoms with Gasteiger partial charge in [-0.3, -0.25) is 38.5 Å². The molecule has 0 bridgehead atoms. The highest BCUT2D eigenvalue weighted by Gasteiger charge is 2.39. The molecule has 30 heteroatoms. The summed E-state index contributed by atoms with van der Waals surface area (Å²) in [6, 6.07) is 5.75. The van der Waals surface area contributed by atoms with Gasteiger partial charge in [-0.05, 0) is 99.6 Å². The Morgan fingerprint density at radius 2 is 1.34 bits per heavy atom. The number of ether oxygens (including phenoxy) is 12. The molecule has 1 saturated carbocycles. The Labute approximate surface area is 593 Å². The highest BCUT2D eigenvalue weighted by atomic mass is 16.7. The normalized spacial score (nSPS) is 16.9. The zero-order chi connectivity index (χ0) is 72.6. The van der Waals surface area contributed by atoms with Gasteiger partial charge < -0.3 is 77.6 Å². The number of carbonyl (C=O) groups excluding carboxylic acids is 8. The number of rotatable bonds is 51. The Bertz CT molecular complexity index is 3490. The molecule has 0 radical (unpaired) electrons. The van der Waals surface area contributed by atoms with E-state index in [0.29, 0.717) is 187 Å². The van der Waals surface area contributed by atoms with Crippen LogP contribution in [0.25, 0.3) is 22.3 Å². The number of nitrogens with two attached hydrogens (primary N) is 1. The van der Waals surface area contributed by atoms with Crippen molar-refractivity contribution in [1.82, 2.24) is 34.8 Å². The third-order valence-corrected chi connectivity index (χ3v) is 18.2. The maximum absolute atomic E-state index is 14.0. The lowest BCUT2D eigenvalue weighted by Crippen LogP contribution is -2.45. The van der Waals surface area contributed by atoms with Crippen LogP contribution in [0.3, 0.4) is 0 Å². The lowest BCUT2D eigenvalue weighted by atomic mass is 9.79. The summed E-state index contributed by atoms with van der Waals surface area (Å²) in [5.41, 5.74) is 9.68. The third-order valence-electron chi connectivity index (χ3n) is 18.2. The number of aromatic hydroxyl groups is 1. The predicted octanol–water partition coefficient (Wildman–Crippen LogP) is 4.81. The van der Waals surface area contributed by atoms with Gasteiger partial charge in [-0.15, -0.1) is 5.10 Å². The van der Waals surface area contributed by atoms with Gasteiger partial charge in [0.25, 0.3) is 17.4 Å². The van der Waals surface area contributed by atoms with E-state index < -0.39 is 41.7 Å². The number of cyclic esters (lactones) is 1. The number of phenols is 1. The quantitative estimate of drug-likeness (QED) is 0.0267. The number of aryl methyl sites for hydroxylation is 2. The number of fused-ring (bicyclic) bond motifs is 5. The lowest BCUT2D eigenvalue weighted by molar-refractivity contribution is -0.159. The average molecular weight is 1430 g/mol. The number of aromatic nitrogens is 5. The van der Waals surface area contributed by atoms with Gasteiger partial charge in [0.05, 0.1) is 146 Å². The van der Waals surface area contributed by atoms with Crippen LogP contribution in [-0.2, 0) is 123 Å². The molecule has 102 heavy (non-hydrogen) atoms. The monoisotopic (exact) mass is 1430 g/mol. The van der Waals surface area contributed by atoms with Crippen LogP contribution < -0.4 is 16.6 Å². The number of imide groups is 1. The number of phenolic OH excluding ortho intramolecular Hbond substituents is 1. The van der Waals surface area contributed by atoms with Crippen LogP contribution in [0.4, 0.5) is 4.79 Å². The SMILES string of the molecule is CCc1c2c(nc3ccc(O)cc13)-c1cc3c(c(=O)n1C2)COC(=O)C3OC(=O)OCC(NC(=O)C(CCCCN)CC(=O)COCC(=O)CCCOCCOCCOCCOCCOCCOCCOCCOCCn1cc(CCC(=O)C2CCC(CN3C(=O)C=CC3=O)CC2)nn1)C(C)C. The largest absolute Gasteiger partial charge is 0.509 e. The molecular weight excluding hydrogens is 1330 g/mol. The second-order valence-electron chi connectivity index (χ2n) is 25.9. The number of hydrogen-bond acceptors (Lipinski definition) is 26. The Hall–Kier alpha value is -7.78. The first-order valence-corrected chi connectivity index (χ1v) is 35.6. The third kappa shape index (κ3) is 25.0. The van der Waals surface area contributed by atoms with E-state index in [0.717, 1.165) is 47.9 Å². The van der Waals surface area contributed by atoms with Gasteiger partial charge in [-0.1, -0.05) is 32.4 Å². The highest BCUT2D eigenvalue weighted by Crippen LogP contribution is 2.40. The van der Waals surface area contributed by atoms with E-state index in [9.17, 15) is 48.3 Å². The Morgan fingerprint density at radius 3 is 1.96 bits per heavy atom. The summed E-state index contributed by atoms with van der Waals surface area (Å²) in [5.74, 6) is -2.92. The van der Waals surface area contributed by atoms with Gasteiger partial charge in [0.15, 0.2) is 11.6 Å². The fourth-order valence-electron chi connectivity index (χ4n) is 12.5. The van der Waals surface area contributed by atoms with Crippen molar-refractivity contribution < 1.29 is 100 Å². The van der Waals surface area contributed by atoms with E-state index in [-0.39, 0.29) is 110 Å². The zero-order valence-electron chi connectivity index (χ0n) is 58.9. The molecule has 3 atom stereocenters. The summed E-state index contributed by atoms with van der Waals surface area (Å²) >= 11 is 0. The molecule has 6 heterocycles. The van der Waals surface area contributed by atoms with Gasteiger partial charge in [-0.2, -0.15) is 0 Å². The first kappa shape index (κ1) is 79.9. The molecule has 3 aliphatic heterocycles. The molecule has 30 nitrogen and oxygen atoms in total. The van der Waals surface area contributed by atoms with E-state index in [2.05, 4.69) is 15.6 Å². The molecule has 4 aliphatic rings. The van der Waals surface area contributed by atoms with E-state index in [1.807, 2.05) is 27.0 Å². The molecule has 1 aromatic carbocycles. The summed E-state index contributed by atoms with van der Waals surface area (Å²) in [6.45, 7) is 12.2. The molecule has 3 aromatic heterocycles. The summed E-state index contributed by atoms with van der Waals surface area (Å²) in [7, 11) is 0. The minimum atomic E-state index is -1.63. The molecule has 1 aliphatic carbocycles. The Balaban J connectivity index is 0.570. The van der Waals surface area contributed by atoms with Crippen molar-refractivity contribution in [2.75, 3.05) is 139 Å². The van der Waals surface area contributed by atoms with Crippen LogP contribution in [0.5, 0.6) is 5.75 Å². The Kier molecular flexibility index (Phi) is 33.5. The van der Waals surface area contributed by atoms with Crippen molar-refractivity contribution in [2.24, 2.45) is 29.4 Å². The highest BCUT2D eigenvalue weighted by molar-refractivity contribution is 6.12.